The highest BCUT2D eigenvalue weighted by molar-refractivity contribution is 7.09. The van der Waals surface area contributed by atoms with E-state index in [1.54, 1.807) is 25.3 Å². The maximum atomic E-state index is 13.5. The van der Waals surface area contributed by atoms with Crippen LogP contribution in [0.2, 0.25) is 0 Å². The number of hydrogen-bond donors (Lipinski definition) is 0. The van der Waals surface area contributed by atoms with E-state index in [1.807, 2.05) is 0 Å². The van der Waals surface area contributed by atoms with Crippen molar-refractivity contribution in [3.05, 3.63) is 69.7 Å². The van der Waals surface area contributed by atoms with E-state index < -0.39 is 35.6 Å². The molecule has 2 heterocycles. The van der Waals surface area contributed by atoms with Crippen LogP contribution in [0.15, 0.2) is 53.7 Å². The normalized spacial score (nSPS) is 16.5. The van der Waals surface area contributed by atoms with Crippen molar-refractivity contribution in [2.75, 3.05) is 7.05 Å². The van der Waals surface area contributed by atoms with Gasteiger partial charge in [-0.15, -0.1) is 11.3 Å². The molecule has 0 N–H and O–H groups in total. The number of aryl methyl sites for hydroxylation is 1. The first-order valence-electron chi connectivity index (χ1n) is 9.47. The first-order valence-corrected chi connectivity index (χ1v) is 10.3. The molecule has 6 nitrogen and oxygen atoms in total. The second kappa shape index (κ2) is 8.18. The van der Waals surface area contributed by atoms with Crippen molar-refractivity contribution >= 4 is 17.4 Å². The van der Waals surface area contributed by atoms with Gasteiger partial charge in [0.05, 0.1) is 5.69 Å². The number of halogens is 5. The number of urea groups is 1. The summed E-state index contributed by atoms with van der Waals surface area (Å²) in [5, 5.41) is 0. The Kier molecular flexibility index (Phi) is 5.64. The van der Waals surface area contributed by atoms with Crippen LogP contribution < -0.4 is 14.3 Å². The molecular formula is C21H16F5N3O3S. The van der Waals surface area contributed by atoms with Gasteiger partial charge in [-0.3, -0.25) is 4.57 Å². The zero-order valence-corrected chi connectivity index (χ0v) is 18.0. The van der Waals surface area contributed by atoms with Crippen LogP contribution in [0.1, 0.15) is 10.4 Å². The van der Waals surface area contributed by atoms with E-state index in [9.17, 15) is 26.7 Å². The van der Waals surface area contributed by atoms with Crippen LogP contribution in [-0.2, 0) is 6.54 Å². The molecule has 0 saturated carbocycles. The molecule has 0 bridgehead atoms. The molecule has 2 amide bonds. The van der Waals surface area contributed by atoms with Crippen molar-refractivity contribution in [1.29, 1.82) is 0 Å². The van der Waals surface area contributed by atoms with E-state index in [2.05, 4.69) is 14.5 Å². The first kappa shape index (κ1) is 22.8. The minimum atomic E-state index is -4.85. The molecule has 3 aromatic rings. The molecule has 0 saturated heterocycles. The van der Waals surface area contributed by atoms with Gasteiger partial charge >= 0.3 is 18.2 Å². The molecule has 0 aliphatic carbocycles. The van der Waals surface area contributed by atoms with E-state index in [0.717, 1.165) is 28.3 Å². The average Bonchev–Trinajstić information content (AvgIpc) is 3.09. The Labute approximate surface area is 188 Å². The fourth-order valence-corrected chi connectivity index (χ4v) is 3.85. The quantitative estimate of drug-likeness (QED) is 0.486. The van der Waals surface area contributed by atoms with Gasteiger partial charge in [0, 0.05) is 30.7 Å². The third-order valence-corrected chi connectivity index (χ3v) is 5.54. The summed E-state index contributed by atoms with van der Waals surface area (Å²) in [6.07, 6.45) is -8.05. The summed E-state index contributed by atoms with van der Waals surface area (Å²) in [6.45, 7) is 1.93. The minimum Gasteiger partial charge on any atom is -0.421 e. The molecule has 1 aromatic heterocycles. The van der Waals surface area contributed by atoms with Gasteiger partial charge in [0.1, 0.15) is 5.82 Å². The number of benzene rings is 2. The monoisotopic (exact) mass is 485 g/mol. The zero-order valence-electron chi connectivity index (χ0n) is 17.2. The number of hydrogen-bond acceptors (Lipinski definition) is 4. The Morgan fingerprint density at radius 1 is 1.06 bits per heavy atom. The number of alkyl halides is 4. The van der Waals surface area contributed by atoms with Crippen molar-refractivity contribution in [3.63, 3.8) is 0 Å². The summed E-state index contributed by atoms with van der Waals surface area (Å²) in [7, 11) is 1.52. The molecule has 1 aliphatic heterocycles. The third-order valence-electron chi connectivity index (χ3n) is 4.64. The van der Waals surface area contributed by atoms with Crippen LogP contribution in [0.4, 0.5) is 26.7 Å². The molecule has 12 heteroatoms. The number of amides is 2. The Morgan fingerprint density at radius 3 is 2.36 bits per heavy atom. The molecule has 0 fully saturated rings. The second-order valence-electron chi connectivity index (χ2n) is 7.24. The summed E-state index contributed by atoms with van der Waals surface area (Å²) in [5.41, 5.74) is 0.942. The Morgan fingerprint density at radius 2 is 1.70 bits per heavy atom. The maximum absolute atomic E-state index is 13.5. The molecular weight excluding hydrogens is 469 g/mol. The molecule has 33 heavy (non-hydrogen) atoms. The van der Waals surface area contributed by atoms with Gasteiger partial charge in [-0.05, 0) is 36.8 Å². The number of rotatable bonds is 3. The highest BCUT2D eigenvalue weighted by atomic mass is 32.1. The minimum absolute atomic E-state index is 0.181. The summed E-state index contributed by atoms with van der Waals surface area (Å²) >= 11 is 1.16. The van der Waals surface area contributed by atoms with Crippen molar-refractivity contribution in [3.8, 4) is 17.2 Å². The van der Waals surface area contributed by atoms with Crippen LogP contribution in [0.5, 0.6) is 11.5 Å². The average molecular weight is 485 g/mol. The number of ether oxygens (including phenoxy) is 2. The van der Waals surface area contributed by atoms with Crippen molar-refractivity contribution < 1.29 is 36.2 Å². The number of nitrogens with zero attached hydrogens (tertiary/aromatic N) is 3. The van der Waals surface area contributed by atoms with Gasteiger partial charge in [-0.2, -0.15) is 22.6 Å². The molecule has 2 aromatic carbocycles. The van der Waals surface area contributed by atoms with Crippen LogP contribution >= 0.6 is 11.3 Å². The number of carbonyl (C=O) groups excluding carboxylic acids is 1. The highest BCUT2D eigenvalue weighted by Gasteiger charge is 2.65. The SMILES string of the molecule is Cc1cn(-c2ccc3c(c2)OC(F)(F)C(F)(F)O3)c(=NC(=O)N(C)Cc2ccc(F)cc2)s1. The van der Waals surface area contributed by atoms with Gasteiger partial charge < -0.3 is 14.4 Å². The fourth-order valence-electron chi connectivity index (χ4n) is 3.02. The Bertz CT molecular complexity index is 1270. The first-order chi connectivity index (χ1) is 15.4. The maximum Gasteiger partial charge on any atom is 0.507 e. The molecule has 0 radical (unpaired) electrons. The van der Waals surface area contributed by atoms with Crippen LogP contribution in [0.3, 0.4) is 0 Å². The molecule has 0 spiro atoms. The van der Waals surface area contributed by atoms with E-state index >= 15 is 0 Å². The van der Waals surface area contributed by atoms with Crippen LogP contribution in [0, 0.1) is 12.7 Å². The predicted octanol–water partition coefficient (Wildman–Crippen LogP) is 5.10. The highest BCUT2D eigenvalue weighted by Crippen LogP contribution is 2.47. The zero-order chi connectivity index (χ0) is 24.0. The van der Waals surface area contributed by atoms with Gasteiger partial charge in [-0.25, -0.2) is 9.18 Å². The van der Waals surface area contributed by atoms with Crippen molar-refractivity contribution in [2.24, 2.45) is 4.99 Å². The van der Waals surface area contributed by atoms with Gasteiger partial charge in [-0.1, -0.05) is 12.1 Å². The van der Waals surface area contributed by atoms with Crippen LogP contribution in [-0.4, -0.2) is 34.8 Å². The molecule has 174 valence electrons. The summed E-state index contributed by atoms with van der Waals surface area (Å²) < 4.78 is 76.6. The smallest absolute Gasteiger partial charge is 0.421 e. The molecule has 4 rings (SSSR count). The summed E-state index contributed by atoms with van der Waals surface area (Å²) in [4.78, 5) is 19.0. The number of fused-ring (bicyclic) bond motifs is 1. The molecule has 1 aliphatic rings. The van der Waals surface area contributed by atoms with Gasteiger partial charge in [0.2, 0.25) is 0 Å². The van der Waals surface area contributed by atoms with E-state index in [0.29, 0.717) is 5.56 Å². The largest absolute Gasteiger partial charge is 0.507 e. The van der Waals surface area contributed by atoms with E-state index in [4.69, 9.17) is 0 Å². The lowest BCUT2D eigenvalue weighted by molar-refractivity contribution is -0.391. The predicted molar refractivity (Wildman–Crippen MR) is 108 cm³/mol. The Hall–Kier alpha value is -3.41. The summed E-state index contributed by atoms with van der Waals surface area (Å²) in [6, 6.07) is 8.56. The lowest BCUT2D eigenvalue weighted by Gasteiger charge is -2.31. The number of thiazole rings is 1. The number of carbonyl (C=O) groups is 1. The van der Waals surface area contributed by atoms with Crippen LogP contribution in [0.25, 0.3) is 5.69 Å². The lowest BCUT2D eigenvalue weighted by atomic mass is 10.2. The van der Waals surface area contributed by atoms with Crippen molar-refractivity contribution in [1.82, 2.24) is 9.47 Å². The van der Waals surface area contributed by atoms with E-state index in [-0.39, 0.29) is 17.0 Å². The third kappa shape index (κ3) is 4.56. The lowest BCUT2D eigenvalue weighted by Crippen LogP contribution is -2.52. The summed E-state index contributed by atoms with van der Waals surface area (Å²) in [5.74, 6) is -1.52. The Balaban J connectivity index is 1.63. The van der Waals surface area contributed by atoms with Gasteiger partial charge in [0.25, 0.3) is 0 Å². The standard InChI is InChI=1S/C21H16F5N3O3S/c1-12-10-29(15-7-8-16-17(9-15)32-21(25,26)20(23,24)31-16)19(33-12)27-18(30)28(2)11-13-3-5-14(22)6-4-13/h3-10H,11H2,1-2H3. The number of aromatic nitrogens is 1. The fraction of sp³-hybridized carbons (Fsp3) is 0.238. The van der Waals surface area contributed by atoms with Crippen molar-refractivity contribution in [2.45, 2.75) is 25.7 Å². The second-order valence-corrected chi connectivity index (χ2v) is 8.45. The molecule has 0 atom stereocenters. The topological polar surface area (TPSA) is 56.1 Å². The van der Waals surface area contributed by atoms with Gasteiger partial charge in [0.15, 0.2) is 16.3 Å². The van der Waals surface area contributed by atoms with E-state index in [1.165, 1.54) is 34.7 Å². The molecule has 0 unspecified atom stereocenters.